The minimum Gasteiger partial charge on any atom is -0.453 e. The quantitative estimate of drug-likeness (QED) is 0.193. The second kappa shape index (κ2) is 14.8. The summed E-state index contributed by atoms with van der Waals surface area (Å²) >= 11 is 6.40. The lowest BCUT2D eigenvalue weighted by Crippen LogP contribution is -2.67. The number of nitrogens with zero attached hydrogens (tertiary/aromatic N) is 1. The van der Waals surface area contributed by atoms with Gasteiger partial charge in [0.1, 0.15) is 11.9 Å². The van der Waals surface area contributed by atoms with Crippen LogP contribution in [-0.4, -0.2) is 57.9 Å². The van der Waals surface area contributed by atoms with E-state index in [0.29, 0.717) is 68.4 Å². The van der Waals surface area contributed by atoms with Crippen LogP contribution in [0.25, 0.3) is 11.3 Å². The van der Waals surface area contributed by atoms with Crippen molar-refractivity contribution in [1.29, 1.82) is 0 Å². The number of aliphatic hydroxyl groups is 2. The number of ether oxygens (including phenoxy) is 1. The second-order valence-electron chi connectivity index (χ2n) is 20.2. The van der Waals surface area contributed by atoms with E-state index in [2.05, 4.69) is 52.8 Å². The van der Waals surface area contributed by atoms with Crippen molar-refractivity contribution in [3.05, 3.63) is 70.5 Å². The van der Waals surface area contributed by atoms with Gasteiger partial charge in [0.05, 0.1) is 28.8 Å². The number of Topliss-reactive ketones (excluding diaryl/α,β-unsaturated/α-hetero) is 1. The average molecular weight is 840 g/mol. The third kappa shape index (κ3) is 6.58. The van der Waals surface area contributed by atoms with E-state index < -0.39 is 39.7 Å². The molecule has 11 unspecified atom stereocenters. The van der Waals surface area contributed by atoms with Crippen LogP contribution in [0.3, 0.4) is 0 Å². The summed E-state index contributed by atoms with van der Waals surface area (Å²) in [5.74, 6) is 0.685. The predicted molar refractivity (Wildman–Crippen MR) is 221 cm³/mol. The van der Waals surface area contributed by atoms with Crippen molar-refractivity contribution >= 4 is 23.5 Å². The van der Waals surface area contributed by atoms with Crippen LogP contribution in [0.2, 0.25) is 5.02 Å². The number of aliphatic hydroxyl groups excluding tert-OH is 1. The number of allylic oxidation sites excluding steroid dienone is 4. The van der Waals surface area contributed by atoms with Gasteiger partial charge >= 0.3 is 12.3 Å². The van der Waals surface area contributed by atoms with Crippen molar-refractivity contribution in [2.75, 3.05) is 13.1 Å². The number of fused-ring (bicyclic) bond motifs is 1. The summed E-state index contributed by atoms with van der Waals surface area (Å²) in [7, 11) is 0. The van der Waals surface area contributed by atoms with Crippen LogP contribution < -0.4 is 0 Å². The van der Waals surface area contributed by atoms with Gasteiger partial charge in [0, 0.05) is 33.9 Å². The molecule has 1 amide bonds. The van der Waals surface area contributed by atoms with Crippen LogP contribution >= 0.6 is 11.6 Å². The van der Waals surface area contributed by atoms with E-state index >= 15 is 4.79 Å². The number of rotatable bonds is 9. The van der Waals surface area contributed by atoms with Crippen molar-refractivity contribution in [3.63, 3.8) is 0 Å². The number of hydrogen-bond acceptors (Lipinski definition) is 6. The zero-order valence-corrected chi connectivity index (χ0v) is 36.1. The van der Waals surface area contributed by atoms with Gasteiger partial charge in [-0.3, -0.25) is 4.79 Å². The molecule has 1 aromatic heterocycles. The Hall–Kier alpha value is -3.08. The predicted octanol–water partition coefficient (Wildman–Crippen LogP) is 11.7. The zero-order valence-electron chi connectivity index (χ0n) is 35.3. The van der Waals surface area contributed by atoms with Crippen LogP contribution in [-0.2, 0) is 10.9 Å². The lowest BCUT2D eigenvalue weighted by Gasteiger charge is -2.71. The Kier molecular flexibility index (Phi) is 10.7. The van der Waals surface area contributed by atoms with Gasteiger partial charge in [-0.2, -0.15) is 13.2 Å². The van der Waals surface area contributed by atoms with Gasteiger partial charge in [-0.25, -0.2) is 4.79 Å². The first-order valence-electron chi connectivity index (χ1n) is 22.0. The van der Waals surface area contributed by atoms with E-state index in [1.807, 2.05) is 6.92 Å². The highest BCUT2D eigenvalue weighted by Crippen LogP contribution is 2.78. The average Bonchev–Trinajstić information content (AvgIpc) is 3.76. The van der Waals surface area contributed by atoms with Crippen LogP contribution in [0.1, 0.15) is 128 Å². The molecule has 2 bridgehead atoms. The Morgan fingerprint density at radius 2 is 1.71 bits per heavy atom. The van der Waals surface area contributed by atoms with Gasteiger partial charge in [-0.1, -0.05) is 77.8 Å². The van der Waals surface area contributed by atoms with Gasteiger partial charge in [0.2, 0.25) is 5.78 Å². The molecule has 7 aliphatic carbocycles. The highest BCUT2D eigenvalue weighted by Gasteiger charge is 2.74. The van der Waals surface area contributed by atoms with Crippen LogP contribution in [0.4, 0.5) is 18.0 Å². The van der Waals surface area contributed by atoms with Crippen molar-refractivity contribution in [1.82, 2.24) is 4.90 Å². The first-order chi connectivity index (χ1) is 27.7. The maximum Gasteiger partial charge on any atom is 0.416 e. The molecule has 9 rings (SSSR count). The monoisotopic (exact) mass is 839 g/mol. The Morgan fingerprint density at radius 1 is 1.00 bits per heavy atom. The van der Waals surface area contributed by atoms with Crippen molar-refractivity contribution in [2.45, 2.75) is 136 Å². The number of furan rings is 1. The smallest absolute Gasteiger partial charge is 0.416 e. The Balaban J connectivity index is 1.15. The van der Waals surface area contributed by atoms with Crippen molar-refractivity contribution in [2.24, 2.45) is 51.2 Å². The number of halogens is 4. The van der Waals surface area contributed by atoms with E-state index in [4.69, 9.17) is 20.8 Å². The lowest BCUT2D eigenvalue weighted by molar-refractivity contribution is -0.175. The highest BCUT2D eigenvalue weighted by molar-refractivity contribution is 6.33. The van der Waals surface area contributed by atoms with Gasteiger partial charge < -0.3 is 24.3 Å². The molecule has 2 aromatic rings. The molecular weight excluding hydrogens is 779 g/mol. The first kappa shape index (κ1) is 42.6. The molecule has 4 saturated carbocycles. The van der Waals surface area contributed by atoms with Crippen molar-refractivity contribution < 1.29 is 42.1 Å². The Labute approximate surface area is 351 Å². The fourth-order valence-corrected chi connectivity index (χ4v) is 13.7. The zero-order chi connectivity index (χ0) is 42.5. The summed E-state index contributed by atoms with van der Waals surface area (Å²) in [6, 6.07) is 6.03. The molecule has 11 heteroatoms. The van der Waals surface area contributed by atoms with Crippen LogP contribution in [0.15, 0.2) is 58.6 Å². The van der Waals surface area contributed by atoms with E-state index in [-0.39, 0.29) is 63.9 Å². The highest BCUT2D eigenvalue weighted by atomic mass is 35.5. The molecule has 0 saturated heterocycles. The Morgan fingerprint density at radius 3 is 2.42 bits per heavy atom. The fourth-order valence-electron chi connectivity index (χ4n) is 13.5. The lowest BCUT2D eigenvalue weighted by atomic mass is 9.32. The number of carbonyl (C=O) groups is 2. The van der Waals surface area contributed by atoms with Gasteiger partial charge in [0.15, 0.2) is 5.76 Å². The van der Waals surface area contributed by atoms with Gasteiger partial charge in [-0.05, 0) is 130 Å². The van der Waals surface area contributed by atoms with E-state index in [0.717, 1.165) is 44.2 Å². The van der Waals surface area contributed by atoms with Gasteiger partial charge in [-0.15, -0.1) is 0 Å². The molecule has 11 atom stereocenters. The third-order valence-electron chi connectivity index (χ3n) is 16.8. The largest absolute Gasteiger partial charge is 0.453 e. The van der Waals surface area contributed by atoms with E-state index in [1.54, 1.807) is 4.90 Å². The molecule has 2 spiro atoms. The topological polar surface area (TPSA) is 100 Å². The summed E-state index contributed by atoms with van der Waals surface area (Å²) in [5, 5.41) is 24.2. The number of carbonyl (C=O) groups excluding carboxylic acids is 2. The summed E-state index contributed by atoms with van der Waals surface area (Å²) < 4.78 is 53.7. The van der Waals surface area contributed by atoms with Gasteiger partial charge in [0.25, 0.3) is 0 Å². The number of ketones is 1. The molecule has 0 aliphatic heterocycles. The van der Waals surface area contributed by atoms with Crippen LogP contribution in [0.5, 0.6) is 0 Å². The van der Waals surface area contributed by atoms with E-state index in [1.165, 1.54) is 18.2 Å². The number of amides is 1. The third-order valence-corrected chi connectivity index (χ3v) is 17.1. The molecule has 1 heterocycles. The first-order valence-corrected chi connectivity index (χ1v) is 22.4. The SMILES string of the molecule is CCCN(CC1(O)CCC2C34C=CC5(C=C3C(=O)c3ccc(-c6cc(C(F)(F)F)ccc6Cl)o3)CC(O)CCC5(C)C4CCC21C)C(=O)OC1CC(C)CCC1C(C)C. The molecule has 4 fully saturated rings. The number of benzene rings is 1. The minimum atomic E-state index is -4.59. The summed E-state index contributed by atoms with van der Waals surface area (Å²) in [6.45, 7) is 13.7. The molecule has 59 heavy (non-hydrogen) atoms. The molecule has 0 radical (unpaired) electrons. The van der Waals surface area contributed by atoms with E-state index in [9.17, 15) is 28.2 Å². The second-order valence-corrected chi connectivity index (χ2v) is 20.6. The summed E-state index contributed by atoms with van der Waals surface area (Å²) in [5.41, 5.74) is -3.89. The molecule has 2 N–H and O–H groups in total. The maximum atomic E-state index is 15.1. The fraction of sp³-hybridized carbons (Fsp3) is 0.667. The maximum absolute atomic E-state index is 15.1. The standard InChI is InChI=1S/C48H61ClF3NO6/c1-7-22-53(42(56)59-38-23-29(4)8-10-32(38)28(2)3)27-46(57)19-16-40-44(46,6)18-15-39-43(5)17-14-31(54)25-45(43)20-21-47(39,40)34(26-45)41(55)37-13-12-36(58-37)33-24-30(48(50,51)52)9-11-35(33)49/h9,11-13,20-21,24,26,28-29,31-32,38-40,54,57H,7-8,10,14-19,22-23,25,27H2,1-6H3. The van der Waals surface area contributed by atoms with Crippen molar-refractivity contribution in [3.8, 4) is 11.3 Å². The molecule has 7 aliphatic rings. The summed E-state index contributed by atoms with van der Waals surface area (Å²) in [4.78, 5) is 31.0. The molecule has 7 nitrogen and oxygen atoms in total. The molecule has 322 valence electrons. The molecule has 1 aromatic carbocycles. The molecular formula is C48H61ClF3NO6. The number of alkyl halides is 3. The number of hydrogen-bond donors (Lipinski definition) is 2. The normalized spacial score (nSPS) is 38.7. The Bertz CT molecular complexity index is 2040. The van der Waals surface area contributed by atoms with Crippen LogP contribution in [0, 0.1) is 51.2 Å². The minimum absolute atomic E-state index is 0.00241. The summed E-state index contributed by atoms with van der Waals surface area (Å²) in [6.07, 6.45) is 8.94.